The SMILES string of the molecule is O=C(NCCc1nnc(S(=O)(=O)Cc2ccccc2F)o1)Nc1ccccc1. The lowest BCUT2D eigenvalue weighted by Crippen LogP contribution is -2.30. The highest BCUT2D eigenvalue weighted by Crippen LogP contribution is 2.17. The molecule has 10 heteroatoms. The van der Waals surface area contributed by atoms with Crippen molar-refractivity contribution in [2.24, 2.45) is 0 Å². The molecule has 8 nitrogen and oxygen atoms in total. The molecule has 0 unspecified atom stereocenters. The maximum Gasteiger partial charge on any atom is 0.335 e. The molecule has 1 aromatic heterocycles. The molecule has 3 rings (SSSR count). The summed E-state index contributed by atoms with van der Waals surface area (Å²) >= 11 is 0. The van der Waals surface area contributed by atoms with E-state index in [1.807, 2.05) is 6.07 Å². The quantitative estimate of drug-likeness (QED) is 0.626. The van der Waals surface area contributed by atoms with E-state index in [-0.39, 0.29) is 24.4 Å². The summed E-state index contributed by atoms with van der Waals surface area (Å²) in [5, 5.41) is 11.8. The number of halogens is 1. The predicted molar refractivity (Wildman–Crippen MR) is 98.8 cm³/mol. The van der Waals surface area contributed by atoms with Crippen molar-refractivity contribution in [2.75, 3.05) is 11.9 Å². The number of sulfone groups is 1. The summed E-state index contributed by atoms with van der Waals surface area (Å²) in [4.78, 5) is 11.8. The number of amides is 2. The number of urea groups is 1. The van der Waals surface area contributed by atoms with Crippen LogP contribution in [-0.4, -0.2) is 31.2 Å². The molecule has 2 aromatic carbocycles. The monoisotopic (exact) mass is 404 g/mol. The van der Waals surface area contributed by atoms with Gasteiger partial charge >= 0.3 is 11.3 Å². The van der Waals surface area contributed by atoms with Gasteiger partial charge in [-0.05, 0) is 18.2 Å². The van der Waals surface area contributed by atoms with E-state index < -0.39 is 32.7 Å². The van der Waals surface area contributed by atoms with Crippen LogP contribution in [0.1, 0.15) is 11.5 Å². The van der Waals surface area contributed by atoms with Gasteiger partial charge in [0.25, 0.3) is 0 Å². The molecule has 1 heterocycles. The van der Waals surface area contributed by atoms with Crippen LogP contribution in [0.4, 0.5) is 14.9 Å². The smallest absolute Gasteiger partial charge is 0.335 e. The number of rotatable bonds is 7. The number of anilines is 1. The van der Waals surface area contributed by atoms with Crippen molar-refractivity contribution in [2.45, 2.75) is 17.4 Å². The minimum Gasteiger partial charge on any atom is -0.412 e. The van der Waals surface area contributed by atoms with E-state index in [0.29, 0.717) is 5.69 Å². The van der Waals surface area contributed by atoms with E-state index >= 15 is 0 Å². The van der Waals surface area contributed by atoms with Crippen LogP contribution in [-0.2, 0) is 22.0 Å². The van der Waals surface area contributed by atoms with E-state index in [0.717, 1.165) is 0 Å². The van der Waals surface area contributed by atoms with Crippen molar-refractivity contribution < 1.29 is 22.0 Å². The molecule has 0 bridgehead atoms. The van der Waals surface area contributed by atoms with Gasteiger partial charge in [-0.15, -0.1) is 5.10 Å². The zero-order valence-corrected chi connectivity index (χ0v) is 15.4. The summed E-state index contributed by atoms with van der Waals surface area (Å²) in [6.07, 6.45) is 0.143. The number of benzene rings is 2. The second kappa shape index (κ2) is 8.61. The average Bonchev–Trinajstić information content (AvgIpc) is 3.14. The fourth-order valence-corrected chi connectivity index (χ4v) is 3.48. The first-order valence-electron chi connectivity index (χ1n) is 8.32. The third-order valence-electron chi connectivity index (χ3n) is 3.67. The van der Waals surface area contributed by atoms with Gasteiger partial charge in [0, 0.05) is 24.2 Å². The highest BCUT2D eigenvalue weighted by molar-refractivity contribution is 7.90. The Morgan fingerprint density at radius 3 is 2.50 bits per heavy atom. The zero-order chi connectivity index (χ0) is 20.0. The molecule has 28 heavy (non-hydrogen) atoms. The first kappa shape index (κ1) is 19.5. The minimum absolute atomic E-state index is 0.0153. The molecule has 0 saturated heterocycles. The van der Waals surface area contributed by atoms with Gasteiger partial charge in [-0.25, -0.2) is 17.6 Å². The van der Waals surface area contributed by atoms with Crippen molar-refractivity contribution in [3.8, 4) is 0 Å². The van der Waals surface area contributed by atoms with E-state index in [4.69, 9.17) is 4.42 Å². The summed E-state index contributed by atoms with van der Waals surface area (Å²) in [6.45, 7) is 0.160. The first-order valence-corrected chi connectivity index (χ1v) is 9.98. The number of nitrogens with zero attached hydrogens (tertiary/aromatic N) is 2. The lowest BCUT2D eigenvalue weighted by atomic mass is 10.2. The highest BCUT2D eigenvalue weighted by Gasteiger charge is 2.24. The van der Waals surface area contributed by atoms with Gasteiger partial charge in [0.1, 0.15) is 5.82 Å². The lowest BCUT2D eigenvalue weighted by molar-refractivity contribution is 0.252. The summed E-state index contributed by atoms with van der Waals surface area (Å²) in [6, 6.07) is 14.0. The van der Waals surface area contributed by atoms with Crippen LogP contribution in [0.25, 0.3) is 0 Å². The van der Waals surface area contributed by atoms with Crippen LogP contribution in [0.15, 0.2) is 64.2 Å². The number of carbonyl (C=O) groups excluding carboxylic acids is 1. The Labute approximate surface area is 160 Å². The number of hydrogen-bond donors (Lipinski definition) is 2. The highest BCUT2D eigenvalue weighted by atomic mass is 32.2. The van der Waals surface area contributed by atoms with Crippen LogP contribution in [0.3, 0.4) is 0 Å². The summed E-state index contributed by atoms with van der Waals surface area (Å²) < 4.78 is 43.4. The van der Waals surface area contributed by atoms with Crippen LogP contribution in [0, 0.1) is 5.82 Å². The molecular weight excluding hydrogens is 387 g/mol. The normalized spacial score (nSPS) is 11.2. The van der Waals surface area contributed by atoms with E-state index in [1.54, 1.807) is 30.3 Å². The van der Waals surface area contributed by atoms with Crippen LogP contribution in [0.2, 0.25) is 0 Å². The van der Waals surface area contributed by atoms with Crippen molar-refractivity contribution in [1.82, 2.24) is 15.5 Å². The summed E-state index contributed by atoms with van der Waals surface area (Å²) in [5.41, 5.74) is 0.654. The average molecular weight is 404 g/mol. The Morgan fingerprint density at radius 1 is 1.04 bits per heavy atom. The fraction of sp³-hybridized carbons (Fsp3) is 0.167. The van der Waals surface area contributed by atoms with Gasteiger partial charge in [0.15, 0.2) is 0 Å². The van der Waals surface area contributed by atoms with Gasteiger partial charge in [-0.2, -0.15) is 0 Å². The van der Waals surface area contributed by atoms with Gasteiger partial charge in [0.05, 0.1) is 5.75 Å². The first-order chi connectivity index (χ1) is 13.4. The van der Waals surface area contributed by atoms with Crippen molar-refractivity contribution in [1.29, 1.82) is 0 Å². The maximum atomic E-state index is 13.7. The second-order valence-corrected chi connectivity index (χ2v) is 7.68. The Morgan fingerprint density at radius 2 is 1.75 bits per heavy atom. The molecule has 0 atom stereocenters. The largest absolute Gasteiger partial charge is 0.412 e. The van der Waals surface area contributed by atoms with Gasteiger partial charge in [-0.1, -0.05) is 41.5 Å². The molecule has 0 aliphatic rings. The van der Waals surface area contributed by atoms with E-state index in [1.165, 1.54) is 18.2 Å². The molecule has 0 aliphatic carbocycles. The van der Waals surface area contributed by atoms with Crippen LogP contribution in [0.5, 0.6) is 0 Å². The Hall–Kier alpha value is -3.27. The lowest BCUT2D eigenvalue weighted by Gasteiger charge is -2.06. The molecule has 0 radical (unpaired) electrons. The van der Waals surface area contributed by atoms with E-state index in [9.17, 15) is 17.6 Å². The molecule has 0 aliphatic heterocycles. The topological polar surface area (TPSA) is 114 Å². The molecule has 146 valence electrons. The number of nitrogens with one attached hydrogen (secondary N) is 2. The number of carbonyl (C=O) groups is 1. The third kappa shape index (κ3) is 5.13. The standard InChI is InChI=1S/C18H17FN4O4S/c19-15-9-5-4-6-13(15)12-28(25,26)18-23-22-16(27-18)10-11-20-17(24)21-14-7-2-1-3-8-14/h1-9H,10-12H2,(H2,20,21,24). The molecule has 0 saturated carbocycles. The van der Waals surface area contributed by atoms with Crippen LogP contribution >= 0.6 is 0 Å². The maximum absolute atomic E-state index is 13.7. The van der Waals surface area contributed by atoms with Crippen molar-refractivity contribution >= 4 is 21.6 Å². The molecule has 3 aromatic rings. The minimum atomic E-state index is -3.98. The van der Waals surface area contributed by atoms with Crippen LogP contribution < -0.4 is 10.6 Å². The third-order valence-corrected chi connectivity index (χ3v) is 5.06. The number of hydrogen-bond acceptors (Lipinski definition) is 6. The van der Waals surface area contributed by atoms with Gasteiger partial charge < -0.3 is 15.1 Å². The fourth-order valence-electron chi connectivity index (χ4n) is 2.33. The molecule has 2 N–H and O–H groups in total. The Kier molecular flexibility index (Phi) is 5.99. The van der Waals surface area contributed by atoms with Gasteiger partial charge in [-0.3, -0.25) is 0 Å². The zero-order valence-electron chi connectivity index (χ0n) is 14.6. The van der Waals surface area contributed by atoms with E-state index in [2.05, 4.69) is 20.8 Å². The summed E-state index contributed by atoms with van der Waals surface area (Å²) in [5.74, 6) is -1.16. The Bertz CT molecular complexity index is 1050. The number of para-hydroxylation sites is 1. The van der Waals surface area contributed by atoms with Crippen molar-refractivity contribution in [3.05, 3.63) is 71.9 Å². The predicted octanol–water partition coefficient (Wildman–Crippen LogP) is 2.55. The van der Waals surface area contributed by atoms with Gasteiger partial charge in [0.2, 0.25) is 15.7 Å². The molecule has 0 spiro atoms. The van der Waals surface area contributed by atoms with Crippen molar-refractivity contribution in [3.63, 3.8) is 0 Å². The molecule has 0 fully saturated rings. The number of aromatic nitrogens is 2. The molecule has 2 amide bonds. The Balaban J connectivity index is 1.53. The molecular formula is C18H17FN4O4S. The second-order valence-electron chi connectivity index (χ2n) is 5.81. The summed E-state index contributed by atoms with van der Waals surface area (Å²) in [7, 11) is -3.98.